The van der Waals surface area contributed by atoms with Gasteiger partial charge in [0, 0.05) is 7.11 Å². The highest BCUT2D eigenvalue weighted by Crippen LogP contribution is 2.11. The maximum atomic E-state index is 5.05. The van der Waals surface area contributed by atoms with E-state index in [1.807, 2.05) is 36.4 Å². The highest BCUT2D eigenvalue weighted by molar-refractivity contribution is 5.50. The standard InChI is InChI=1S/C11H14O2/c1-12-9-3-4-10-5-7-11(13-2)8-6-10/h3-8H,9H2,1-2H3/b4-3-. The van der Waals surface area contributed by atoms with E-state index < -0.39 is 0 Å². The topological polar surface area (TPSA) is 18.5 Å². The first-order valence-corrected chi connectivity index (χ1v) is 4.16. The fourth-order valence-electron chi connectivity index (χ4n) is 0.995. The molecule has 2 nitrogen and oxygen atoms in total. The van der Waals surface area contributed by atoms with Crippen molar-refractivity contribution in [2.45, 2.75) is 0 Å². The van der Waals surface area contributed by atoms with Crippen LogP contribution in [0.15, 0.2) is 30.3 Å². The van der Waals surface area contributed by atoms with Crippen molar-refractivity contribution >= 4 is 6.08 Å². The second-order valence-corrected chi connectivity index (χ2v) is 2.63. The van der Waals surface area contributed by atoms with Crippen molar-refractivity contribution in [2.24, 2.45) is 0 Å². The smallest absolute Gasteiger partial charge is 0.118 e. The van der Waals surface area contributed by atoms with E-state index in [1.165, 1.54) is 0 Å². The predicted octanol–water partition coefficient (Wildman–Crippen LogP) is 2.35. The van der Waals surface area contributed by atoms with Crippen LogP contribution in [-0.2, 0) is 4.74 Å². The van der Waals surface area contributed by atoms with Crippen molar-refractivity contribution in [1.82, 2.24) is 0 Å². The van der Waals surface area contributed by atoms with Crippen LogP contribution < -0.4 is 4.74 Å². The van der Waals surface area contributed by atoms with Crippen LogP contribution in [0.25, 0.3) is 6.08 Å². The van der Waals surface area contributed by atoms with E-state index in [0.717, 1.165) is 11.3 Å². The zero-order valence-electron chi connectivity index (χ0n) is 7.99. The van der Waals surface area contributed by atoms with Gasteiger partial charge in [-0.15, -0.1) is 0 Å². The number of benzene rings is 1. The second-order valence-electron chi connectivity index (χ2n) is 2.63. The Morgan fingerprint density at radius 2 is 1.85 bits per heavy atom. The van der Waals surface area contributed by atoms with Gasteiger partial charge in [0.2, 0.25) is 0 Å². The molecule has 0 saturated carbocycles. The minimum atomic E-state index is 0.645. The van der Waals surface area contributed by atoms with E-state index in [0.29, 0.717) is 6.61 Å². The monoisotopic (exact) mass is 178 g/mol. The zero-order chi connectivity index (χ0) is 9.52. The van der Waals surface area contributed by atoms with Crippen molar-refractivity contribution < 1.29 is 9.47 Å². The van der Waals surface area contributed by atoms with Crippen LogP contribution in [0.1, 0.15) is 5.56 Å². The third-order valence-electron chi connectivity index (χ3n) is 1.69. The Kier molecular flexibility index (Phi) is 4.06. The molecule has 1 aromatic carbocycles. The Morgan fingerprint density at radius 1 is 1.15 bits per heavy atom. The van der Waals surface area contributed by atoms with Gasteiger partial charge in [-0.3, -0.25) is 0 Å². The van der Waals surface area contributed by atoms with E-state index in [-0.39, 0.29) is 0 Å². The van der Waals surface area contributed by atoms with Crippen molar-refractivity contribution in [3.05, 3.63) is 35.9 Å². The molecule has 0 N–H and O–H groups in total. The van der Waals surface area contributed by atoms with Crippen LogP contribution in [-0.4, -0.2) is 20.8 Å². The fourth-order valence-corrected chi connectivity index (χ4v) is 0.995. The van der Waals surface area contributed by atoms with Gasteiger partial charge in [-0.05, 0) is 17.7 Å². The summed E-state index contributed by atoms with van der Waals surface area (Å²) in [5.41, 5.74) is 1.15. The van der Waals surface area contributed by atoms with E-state index >= 15 is 0 Å². The molecule has 13 heavy (non-hydrogen) atoms. The molecule has 0 fully saturated rings. The van der Waals surface area contributed by atoms with Crippen molar-refractivity contribution in [1.29, 1.82) is 0 Å². The maximum Gasteiger partial charge on any atom is 0.118 e. The van der Waals surface area contributed by atoms with E-state index in [9.17, 15) is 0 Å². The molecular formula is C11H14O2. The van der Waals surface area contributed by atoms with Crippen LogP contribution in [0.4, 0.5) is 0 Å². The van der Waals surface area contributed by atoms with Crippen LogP contribution in [0.5, 0.6) is 5.75 Å². The molecule has 0 atom stereocenters. The summed E-state index contributed by atoms with van der Waals surface area (Å²) in [5, 5.41) is 0. The van der Waals surface area contributed by atoms with Gasteiger partial charge >= 0.3 is 0 Å². The summed E-state index contributed by atoms with van der Waals surface area (Å²) in [5.74, 6) is 0.879. The minimum absolute atomic E-state index is 0.645. The lowest BCUT2D eigenvalue weighted by Crippen LogP contribution is -1.82. The van der Waals surface area contributed by atoms with Crippen molar-refractivity contribution in [2.75, 3.05) is 20.8 Å². The Morgan fingerprint density at radius 3 is 2.38 bits per heavy atom. The third kappa shape index (κ3) is 3.30. The fraction of sp³-hybridized carbons (Fsp3) is 0.273. The average molecular weight is 178 g/mol. The molecule has 0 bridgehead atoms. The molecule has 1 rings (SSSR count). The number of ether oxygens (including phenoxy) is 2. The number of rotatable bonds is 4. The molecule has 0 aliphatic carbocycles. The minimum Gasteiger partial charge on any atom is -0.497 e. The maximum absolute atomic E-state index is 5.05. The molecule has 1 aromatic rings. The highest BCUT2D eigenvalue weighted by Gasteiger charge is 1.88. The van der Waals surface area contributed by atoms with Gasteiger partial charge < -0.3 is 9.47 Å². The van der Waals surface area contributed by atoms with Crippen LogP contribution in [0.3, 0.4) is 0 Å². The van der Waals surface area contributed by atoms with Gasteiger partial charge in [0.05, 0.1) is 13.7 Å². The molecule has 0 radical (unpaired) electrons. The first-order valence-electron chi connectivity index (χ1n) is 4.16. The van der Waals surface area contributed by atoms with E-state index in [2.05, 4.69) is 0 Å². The van der Waals surface area contributed by atoms with E-state index in [1.54, 1.807) is 14.2 Å². The molecule has 0 aliphatic rings. The summed E-state index contributed by atoms with van der Waals surface area (Å²) in [4.78, 5) is 0. The van der Waals surface area contributed by atoms with E-state index in [4.69, 9.17) is 9.47 Å². The lowest BCUT2D eigenvalue weighted by molar-refractivity contribution is 0.234. The number of hydrogen-bond donors (Lipinski definition) is 0. The molecule has 70 valence electrons. The molecular weight excluding hydrogens is 164 g/mol. The SMILES string of the molecule is COC/C=C\c1ccc(OC)cc1. The number of hydrogen-bond acceptors (Lipinski definition) is 2. The van der Waals surface area contributed by atoms with Crippen LogP contribution in [0.2, 0.25) is 0 Å². The predicted molar refractivity (Wildman–Crippen MR) is 53.9 cm³/mol. The summed E-state index contributed by atoms with van der Waals surface area (Å²) < 4.78 is 9.94. The molecule has 0 unspecified atom stereocenters. The molecule has 0 aromatic heterocycles. The summed E-state index contributed by atoms with van der Waals surface area (Å²) in [6.45, 7) is 0.645. The molecule has 0 heterocycles. The Labute approximate surface area is 78.8 Å². The Hall–Kier alpha value is -1.28. The molecule has 0 spiro atoms. The lowest BCUT2D eigenvalue weighted by Gasteiger charge is -1.98. The Balaban J connectivity index is 2.58. The summed E-state index contributed by atoms with van der Waals surface area (Å²) in [7, 11) is 3.34. The zero-order valence-corrected chi connectivity index (χ0v) is 7.99. The van der Waals surface area contributed by atoms with Crippen LogP contribution in [0, 0.1) is 0 Å². The normalized spacial score (nSPS) is 10.6. The molecule has 0 saturated heterocycles. The molecule has 0 amide bonds. The summed E-state index contributed by atoms with van der Waals surface area (Å²) >= 11 is 0. The summed E-state index contributed by atoms with van der Waals surface area (Å²) in [6.07, 6.45) is 3.99. The molecule has 2 heteroatoms. The summed E-state index contributed by atoms with van der Waals surface area (Å²) in [6, 6.07) is 7.88. The highest BCUT2D eigenvalue weighted by atomic mass is 16.5. The first kappa shape index (κ1) is 9.81. The van der Waals surface area contributed by atoms with Gasteiger partial charge in [0.15, 0.2) is 0 Å². The Bertz CT molecular complexity index is 262. The third-order valence-corrected chi connectivity index (χ3v) is 1.69. The number of methoxy groups -OCH3 is 2. The quantitative estimate of drug-likeness (QED) is 0.704. The largest absolute Gasteiger partial charge is 0.497 e. The molecule has 0 aliphatic heterocycles. The van der Waals surface area contributed by atoms with Gasteiger partial charge in [-0.2, -0.15) is 0 Å². The van der Waals surface area contributed by atoms with Crippen molar-refractivity contribution in [3.63, 3.8) is 0 Å². The van der Waals surface area contributed by atoms with Gasteiger partial charge in [0.25, 0.3) is 0 Å². The first-order chi connectivity index (χ1) is 6.36. The van der Waals surface area contributed by atoms with Gasteiger partial charge in [0.1, 0.15) is 5.75 Å². The van der Waals surface area contributed by atoms with Gasteiger partial charge in [-0.25, -0.2) is 0 Å². The van der Waals surface area contributed by atoms with Crippen LogP contribution >= 0.6 is 0 Å². The van der Waals surface area contributed by atoms with Gasteiger partial charge in [-0.1, -0.05) is 24.3 Å². The lowest BCUT2D eigenvalue weighted by atomic mass is 10.2. The second kappa shape index (κ2) is 5.38. The van der Waals surface area contributed by atoms with Crippen molar-refractivity contribution in [3.8, 4) is 5.75 Å². The average Bonchev–Trinajstić information content (AvgIpc) is 2.19.